The monoisotopic (exact) mass is 432 g/mol. The standard InChI is InChI=1S/C22H19F3N2O2S/c23-22(24,25)17-10-11-21(26-14-17)30-15-20(28)27-18-8-4-5-9-19(18)29-13-12-16-6-2-1-3-7-16/h1-11,14H,12-13,15H2,(H,27,28). The number of thioether (sulfide) groups is 1. The fourth-order valence-corrected chi connectivity index (χ4v) is 3.22. The lowest BCUT2D eigenvalue weighted by atomic mass is 10.2. The Bertz CT molecular complexity index is 964. The van der Waals surface area contributed by atoms with Gasteiger partial charge in [-0.25, -0.2) is 4.98 Å². The van der Waals surface area contributed by atoms with Gasteiger partial charge in [0.15, 0.2) is 0 Å². The average Bonchev–Trinajstić information content (AvgIpc) is 2.74. The van der Waals surface area contributed by atoms with E-state index in [1.807, 2.05) is 36.4 Å². The molecule has 0 aliphatic rings. The lowest BCUT2D eigenvalue weighted by molar-refractivity contribution is -0.137. The van der Waals surface area contributed by atoms with Gasteiger partial charge in [0.05, 0.1) is 28.6 Å². The van der Waals surface area contributed by atoms with E-state index in [9.17, 15) is 18.0 Å². The number of pyridine rings is 1. The molecule has 1 N–H and O–H groups in total. The number of carbonyl (C=O) groups is 1. The molecule has 0 bridgehead atoms. The lowest BCUT2D eigenvalue weighted by Crippen LogP contribution is -2.15. The Balaban J connectivity index is 1.51. The first-order chi connectivity index (χ1) is 14.4. The molecule has 1 aromatic heterocycles. The minimum Gasteiger partial charge on any atom is -0.491 e. The number of aromatic nitrogens is 1. The Labute approximate surface area is 176 Å². The summed E-state index contributed by atoms with van der Waals surface area (Å²) in [5.74, 6) is 0.261. The molecule has 0 atom stereocenters. The highest BCUT2D eigenvalue weighted by Crippen LogP contribution is 2.30. The molecule has 156 valence electrons. The van der Waals surface area contributed by atoms with Crippen molar-refractivity contribution in [3.05, 3.63) is 84.1 Å². The number of anilines is 1. The van der Waals surface area contributed by atoms with Crippen LogP contribution in [0.5, 0.6) is 5.75 Å². The number of alkyl halides is 3. The van der Waals surface area contributed by atoms with Crippen molar-refractivity contribution in [2.24, 2.45) is 0 Å². The van der Waals surface area contributed by atoms with Crippen LogP contribution in [-0.2, 0) is 17.4 Å². The fraction of sp³-hybridized carbons (Fsp3) is 0.182. The van der Waals surface area contributed by atoms with E-state index in [4.69, 9.17) is 4.74 Å². The molecule has 0 unspecified atom stereocenters. The third-order valence-electron chi connectivity index (χ3n) is 4.07. The molecule has 0 fully saturated rings. The molecular weight excluding hydrogens is 413 g/mol. The molecule has 30 heavy (non-hydrogen) atoms. The average molecular weight is 432 g/mol. The zero-order chi connectivity index (χ0) is 21.4. The summed E-state index contributed by atoms with van der Waals surface area (Å²) in [4.78, 5) is 16.0. The third kappa shape index (κ3) is 6.52. The number of para-hydroxylation sites is 2. The molecule has 8 heteroatoms. The van der Waals surface area contributed by atoms with Crippen molar-refractivity contribution in [1.82, 2.24) is 4.98 Å². The van der Waals surface area contributed by atoms with Gasteiger partial charge < -0.3 is 10.1 Å². The van der Waals surface area contributed by atoms with Gasteiger partial charge >= 0.3 is 6.18 Å². The van der Waals surface area contributed by atoms with Crippen molar-refractivity contribution < 1.29 is 22.7 Å². The van der Waals surface area contributed by atoms with Crippen LogP contribution in [0.4, 0.5) is 18.9 Å². The number of carbonyl (C=O) groups excluding carboxylic acids is 1. The number of rotatable bonds is 8. The number of hydrogen-bond acceptors (Lipinski definition) is 4. The summed E-state index contributed by atoms with van der Waals surface area (Å²) in [6.45, 7) is 0.459. The number of amides is 1. The molecule has 0 radical (unpaired) electrons. The highest BCUT2D eigenvalue weighted by Gasteiger charge is 2.30. The van der Waals surface area contributed by atoms with Crippen LogP contribution in [0.2, 0.25) is 0 Å². The normalized spacial score (nSPS) is 11.2. The van der Waals surface area contributed by atoms with Crippen LogP contribution in [0, 0.1) is 0 Å². The van der Waals surface area contributed by atoms with Gasteiger partial charge in [-0.3, -0.25) is 4.79 Å². The minimum absolute atomic E-state index is 0.0106. The second-order valence-corrected chi connectivity index (χ2v) is 7.30. The molecule has 4 nitrogen and oxygen atoms in total. The first kappa shape index (κ1) is 21.7. The van der Waals surface area contributed by atoms with Gasteiger partial charge in [-0.05, 0) is 29.8 Å². The molecule has 2 aromatic carbocycles. The van der Waals surface area contributed by atoms with Crippen molar-refractivity contribution in [3.8, 4) is 5.75 Å². The smallest absolute Gasteiger partial charge is 0.417 e. The molecule has 0 saturated carbocycles. The highest BCUT2D eigenvalue weighted by molar-refractivity contribution is 7.99. The summed E-state index contributed by atoms with van der Waals surface area (Å²) >= 11 is 1.06. The minimum atomic E-state index is -4.43. The van der Waals surface area contributed by atoms with Crippen LogP contribution in [0.1, 0.15) is 11.1 Å². The SMILES string of the molecule is O=C(CSc1ccc(C(F)(F)F)cn1)Nc1ccccc1OCCc1ccccc1. The zero-order valence-electron chi connectivity index (χ0n) is 15.9. The van der Waals surface area contributed by atoms with Gasteiger partial charge in [-0.1, -0.05) is 54.2 Å². The first-order valence-electron chi connectivity index (χ1n) is 9.13. The fourth-order valence-electron chi connectivity index (χ4n) is 2.58. The maximum absolute atomic E-state index is 12.6. The molecule has 0 aliphatic carbocycles. The van der Waals surface area contributed by atoms with Crippen LogP contribution >= 0.6 is 11.8 Å². The molecule has 0 aliphatic heterocycles. The second kappa shape index (κ2) is 10.2. The largest absolute Gasteiger partial charge is 0.491 e. The molecule has 1 heterocycles. The molecule has 0 spiro atoms. The summed E-state index contributed by atoms with van der Waals surface area (Å²) in [7, 11) is 0. The maximum atomic E-state index is 12.6. The van der Waals surface area contributed by atoms with Crippen LogP contribution < -0.4 is 10.1 Å². The van der Waals surface area contributed by atoms with Gasteiger partial charge in [-0.15, -0.1) is 0 Å². The zero-order valence-corrected chi connectivity index (χ0v) is 16.7. The Hall–Kier alpha value is -3.00. The number of halogens is 3. The van der Waals surface area contributed by atoms with E-state index in [2.05, 4.69) is 10.3 Å². The van der Waals surface area contributed by atoms with E-state index in [0.29, 0.717) is 23.1 Å². The van der Waals surface area contributed by atoms with E-state index in [1.54, 1.807) is 18.2 Å². The van der Waals surface area contributed by atoms with Crippen molar-refractivity contribution in [2.75, 3.05) is 17.7 Å². The number of nitrogens with one attached hydrogen (secondary N) is 1. The summed E-state index contributed by atoms with van der Waals surface area (Å²) < 4.78 is 43.5. The van der Waals surface area contributed by atoms with E-state index in [1.165, 1.54) is 6.07 Å². The van der Waals surface area contributed by atoms with Crippen molar-refractivity contribution in [2.45, 2.75) is 17.6 Å². The number of nitrogens with zero attached hydrogens (tertiary/aromatic N) is 1. The summed E-state index contributed by atoms with van der Waals surface area (Å²) in [6.07, 6.45) is -2.94. The van der Waals surface area contributed by atoms with Crippen molar-refractivity contribution in [1.29, 1.82) is 0 Å². The Morgan fingerprint density at radius 3 is 2.43 bits per heavy atom. The highest BCUT2D eigenvalue weighted by atomic mass is 32.2. The van der Waals surface area contributed by atoms with Crippen LogP contribution in [0.3, 0.4) is 0 Å². The predicted molar refractivity (Wildman–Crippen MR) is 111 cm³/mol. The van der Waals surface area contributed by atoms with E-state index >= 15 is 0 Å². The topological polar surface area (TPSA) is 51.2 Å². The van der Waals surface area contributed by atoms with E-state index in [-0.39, 0.29) is 11.7 Å². The Morgan fingerprint density at radius 1 is 1.00 bits per heavy atom. The third-order valence-corrected chi connectivity index (χ3v) is 5.01. The summed E-state index contributed by atoms with van der Waals surface area (Å²) in [6, 6.07) is 19.2. The lowest BCUT2D eigenvalue weighted by Gasteiger charge is -2.12. The molecule has 1 amide bonds. The van der Waals surface area contributed by atoms with Crippen LogP contribution in [-0.4, -0.2) is 23.3 Å². The quantitative estimate of drug-likeness (QED) is 0.481. The van der Waals surface area contributed by atoms with Crippen LogP contribution in [0.15, 0.2) is 78.0 Å². The number of hydrogen-bond donors (Lipinski definition) is 1. The molecule has 3 rings (SSSR count). The Morgan fingerprint density at radius 2 is 1.73 bits per heavy atom. The molecule has 0 saturated heterocycles. The van der Waals surface area contributed by atoms with Crippen LogP contribution in [0.25, 0.3) is 0 Å². The van der Waals surface area contributed by atoms with E-state index in [0.717, 1.165) is 36.0 Å². The molecule has 3 aromatic rings. The van der Waals surface area contributed by atoms with Gasteiger partial charge in [0, 0.05) is 12.6 Å². The van der Waals surface area contributed by atoms with Crippen molar-refractivity contribution in [3.63, 3.8) is 0 Å². The first-order valence-corrected chi connectivity index (χ1v) is 10.1. The summed E-state index contributed by atoms with van der Waals surface area (Å²) in [5, 5.41) is 3.11. The van der Waals surface area contributed by atoms with Gasteiger partial charge in [0.2, 0.25) is 5.91 Å². The number of ether oxygens (including phenoxy) is 1. The van der Waals surface area contributed by atoms with Gasteiger partial charge in [0.1, 0.15) is 5.75 Å². The predicted octanol–water partition coefficient (Wildman–Crippen LogP) is 5.45. The van der Waals surface area contributed by atoms with Gasteiger partial charge in [-0.2, -0.15) is 13.2 Å². The number of benzene rings is 2. The molecular formula is C22H19F3N2O2S. The van der Waals surface area contributed by atoms with Gasteiger partial charge in [0.25, 0.3) is 0 Å². The summed E-state index contributed by atoms with van der Waals surface area (Å²) in [5.41, 5.74) is 0.869. The van der Waals surface area contributed by atoms with E-state index < -0.39 is 11.7 Å². The maximum Gasteiger partial charge on any atom is 0.417 e. The van der Waals surface area contributed by atoms with Crippen molar-refractivity contribution >= 4 is 23.4 Å². The second-order valence-electron chi connectivity index (χ2n) is 6.30. The Kier molecular flexibility index (Phi) is 7.35.